The molecule has 4 rings (SSSR count). The van der Waals surface area contributed by atoms with Crippen LogP contribution in [0.1, 0.15) is 5.56 Å². The lowest BCUT2D eigenvalue weighted by Gasteiger charge is -2.36. The van der Waals surface area contributed by atoms with E-state index in [-0.39, 0.29) is 0 Å². The van der Waals surface area contributed by atoms with Crippen LogP contribution in [-0.4, -0.2) is 31.2 Å². The van der Waals surface area contributed by atoms with Crippen LogP contribution in [0.2, 0.25) is 10.0 Å². The van der Waals surface area contributed by atoms with E-state index < -0.39 is 0 Å². The van der Waals surface area contributed by atoms with Crippen LogP contribution < -0.4 is 9.80 Å². The second-order valence-electron chi connectivity index (χ2n) is 5.97. The van der Waals surface area contributed by atoms with Crippen molar-refractivity contribution in [3.05, 3.63) is 52.0 Å². The first-order chi connectivity index (χ1) is 11.6. The topological polar surface area (TPSA) is 19.4 Å². The molecule has 0 unspecified atom stereocenters. The number of aryl methyl sites for hydroxylation is 1. The second-order valence-corrected chi connectivity index (χ2v) is 7.76. The number of anilines is 2. The van der Waals surface area contributed by atoms with Crippen molar-refractivity contribution < 1.29 is 0 Å². The van der Waals surface area contributed by atoms with Crippen LogP contribution in [0.3, 0.4) is 0 Å². The Hall–Kier alpha value is -1.49. The third-order valence-corrected chi connectivity index (χ3v) is 6.32. The molecule has 124 valence electrons. The van der Waals surface area contributed by atoms with Gasteiger partial charge in [-0.2, -0.15) is 0 Å². The lowest BCUT2D eigenvalue weighted by Crippen LogP contribution is -2.46. The predicted molar refractivity (Wildman–Crippen MR) is 105 cm³/mol. The van der Waals surface area contributed by atoms with Gasteiger partial charge in [0, 0.05) is 26.2 Å². The molecule has 3 nitrogen and oxygen atoms in total. The molecule has 6 heteroatoms. The Bertz CT molecular complexity index is 885. The molecule has 0 N–H and O–H groups in total. The fraction of sp³-hybridized carbons (Fsp3) is 0.278. The molecule has 0 amide bonds. The van der Waals surface area contributed by atoms with Gasteiger partial charge in [-0.3, -0.25) is 0 Å². The highest BCUT2D eigenvalue weighted by Crippen LogP contribution is 2.34. The van der Waals surface area contributed by atoms with Crippen LogP contribution in [0.15, 0.2) is 36.4 Å². The Labute approximate surface area is 155 Å². The average molecular weight is 378 g/mol. The Morgan fingerprint density at radius 1 is 0.958 bits per heavy atom. The zero-order chi connectivity index (χ0) is 16.7. The third kappa shape index (κ3) is 2.83. The van der Waals surface area contributed by atoms with Gasteiger partial charge in [-0.05, 0) is 30.7 Å². The standard InChI is InChI=1S/C18H17Cl2N3S/c1-12-4-2-7-15-17(12)21-18(24-15)23-10-8-22(9-11-23)14-6-3-5-13(19)16(14)20/h2-7H,8-11H2,1H3. The number of hydrogen-bond acceptors (Lipinski definition) is 4. The maximum Gasteiger partial charge on any atom is 0.186 e. The smallest absolute Gasteiger partial charge is 0.186 e. The van der Waals surface area contributed by atoms with E-state index in [0.29, 0.717) is 10.0 Å². The van der Waals surface area contributed by atoms with Gasteiger partial charge in [0.25, 0.3) is 0 Å². The van der Waals surface area contributed by atoms with Crippen LogP contribution in [0, 0.1) is 6.92 Å². The summed E-state index contributed by atoms with van der Waals surface area (Å²) in [5, 5.41) is 2.36. The maximum absolute atomic E-state index is 6.35. The minimum Gasteiger partial charge on any atom is -0.367 e. The molecule has 1 aromatic heterocycles. The summed E-state index contributed by atoms with van der Waals surface area (Å²) < 4.78 is 1.25. The van der Waals surface area contributed by atoms with Crippen molar-refractivity contribution in [3.8, 4) is 0 Å². The summed E-state index contributed by atoms with van der Waals surface area (Å²) in [4.78, 5) is 9.50. The monoisotopic (exact) mass is 377 g/mol. The second kappa shape index (κ2) is 6.43. The van der Waals surface area contributed by atoms with Gasteiger partial charge in [0.2, 0.25) is 0 Å². The molecule has 0 radical (unpaired) electrons. The fourth-order valence-corrected chi connectivity index (χ4v) is 4.60. The van der Waals surface area contributed by atoms with Crippen molar-refractivity contribution in [3.63, 3.8) is 0 Å². The number of fused-ring (bicyclic) bond motifs is 1. The molecule has 2 aromatic carbocycles. The molecule has 0 aliphatic carbocycles. The molecular weight excluding hydrogens is 361 g/mol. The SMILES string of the molecule is Cc1cccc2sc(N3CCN(c4cccc(Cl)c4Cl)CC3)nc12. The Kier molecular flexibility index (Phi) is 4.29. The molecule has 1 fully saturated rings. The van der Waals surface area contributed by atoms with Crippen molar-refractivity contribution in [1.82, 2.24) is 4.98 Å². The molecule has 24 heavy (non-hydrogen) atoms. The Morgan fingerprint density at radius 2 is 1.67 bits per heavy atom. The number of para-hydroxylation sites is 1. The summed E-state index contributed by atoms with van der Waals surface area (Å²) in [5.41, 5.74) is 3.38. The van der Waals surface area contributed by atoms with Gasteiger partial charge in [-0.25, -0.2) is 4.98 Å². The molecule has 0 bridgehead atoms. The zero-order valence-corrected chi connectivity index (χ0v) is 15.6. The summed E-state index contributed by atoms with van der Waals surface area (Å²) in [6.45, 7) is 5.80. The van der Waals surface area contributed by atoms with E-state index >= 15 is 0 Å². The minimum absolute atomic E-state index is 0.609. The predicted octanol–water partition coefficient (Wildman–Crippen LogP) is 5.24. The van der Waals surface area contributed by atoms with Gasteiger partial charge in [-0.1, -0.05) is 52.7 Å². The first kappa shape index (κ1) is 16.0. The molecule has 1 aliphatic rings. The number of rotatable bonds is 2. The highest BCUT2D eigenvalue weighted by atomic mass is 35.5. The van der Waals surface area contributed by atoms with E-state index in [9.17, 15) is 0 Å². The Balaban J connectivity index is 1.53. The summed E-state index contributed by atoms with van der Waals surface area (Å²) in [5.74, 6) is 0. The number of nitrogens with zero attached hydrogens (tertiary/aromatic N) is 3. The van der Waals surface area contributed by atoms with Crippen LogP contribution in [0.5, 0.6) is 0 Å². The highest BCUT2D eigenvalue weighted by molar-refractivity contribution is 7.22. The van der Waals surface area contributed by atoms with Gasteiger partial charge in [-0.15, -0.1) is 0 Å². The lowest BCUT2D eigenvalue weighted by molar-refractivity contribution is 0.652. The molecule has 3 aromatic rings. The minimum atomic E-state index is 0.609. The van der Waals surface area contributed by atoms with E-state index in [4.69, 9.17) is 28.2 Å². The van der Waals surface area contributed by atoms with Gasteiger partial charge < -0.3 is 9.80 Å². The Morgan fingerprint density at radius 3 is 2.42 bits per heavy atom. The van der Waals surface area contributed by atoms with Gasteiger partial charge in [0.15, 0.2) is 5.13 Å². The molecule has 0 saturated carbocycles. The third-order valence-electron chi connectivity index (χ3n) is 4.43. The number of piperazine rings is 1. The first-order valence-corrected chi connectivity index (χ1v) is 9.51. The molecule has 2 heterocycles. The van der Waals surface area contributed by atoms with Gasteiger partial charge >= 0.3 is 0 Å². The van der Waals surface area contributed by atoms with Crippen LogP contribution in [0.25, 0.3) is 10.2 Å². The summed E-state index contributed by atoms with van der Waals surface area (Å²) >= 11 is 14.3. The number of halogens is 2. The number of thiazole rings is 1. The van der Waals surface area contributed by atoms with Crippen molar-refractivity contribution in [2.24, 2.45) is 0 Å². The van der Waals surface area contributed by atoms with Crippen LogP contribution in [0.4, 0.5) is 10.8 Å². The summed E-state index contributed by atoms with van der Waals surface area (Å²) in [6.07, 6.45) is 0. The largest absolute Gasteiger partial charge is 0.367 e. The maximum atomic E-state index is 6.35. The van der Waals surface area contributed by atoms with Crippen molar-refractivity contribution in [1.29, 1.82) is 0 Å². The fourth-order valence-electron chi connectivity index (χ4n) is 3.09. The number of hydrogen-bond donors (Lipinski definition) is 0. The summed E-state index contributed by atoms with van der Waals surface area (Å²) in [6, 6.07) is 12.2. The van der Waals surface area contributed by atoms with E-state index in [1.54, 1.807) is 11.3 Å². The average Bonchev–Trinajstić information content (AvgIpc) is 3.03. The van der Waals surface area contributed by atoms with Gasteiger partial charge in [0.05, 0.1) is 25.9 Å². The van der Waals surface area contributed by atoms with Crippen molar-refractivity contribution >= 4 is 55.6 Å². The molecule has 1 saturated heterocycles. The molecule has 1 aliphatic heterocycles. The normalized spacial score (nSPS) is 15.3. The van der Waals surface area contributed by atoms with Gasteiger partial charge in [0.1, 0.15) is 0 Å². The van der Waals surface area contributed by atoms with Crippen molar-refractivity contribution in [2.75, 3.05) is 36.0 Å². The quantitative estimate of drug-likeness (QED) is 0.608. The molecule has 0 atom stereocenters. The van der Waals surface area contributed by atoms with Crippen LogP contribution >= 0.6 is 34.5 Å². The molecular formula is C18H17Cl2N3S. The zero-order valence-electron chi connectivity index (χ0n) is 13.3. The van der Waals surface area contributed by atoms with Crippen molar-refractivity contribution in [2.45, 2.75) is 6.92 Å². The van der Waals surface area contributed by atoms with E-state index in [2.05, 4.69) is 34.9 Å². The van der Waals surface area contributed by atoms with E-state index in [0.717, 1.165) is 42.5 Å². The highest BCUT2D eigenvalue weighted by Gasteiger charge is 2.22. The van der Waals surface area contributed by atoms with Crippen LogP contribution in [-0.2, 0) is 0 Å². The summed E-state index contributed by atoms with van der Waals surface area (Å²) in [7, 11) is 0. The van der Waals surface area contributed by atoms with E-state index in [1.165, 1.54) is 10.3 Å². The number of aromatic nitrogens is 1. The first-order valence-electron chi connectivity index (χ1n) is 7.93. The lowest BCUT2D eigenvalue weighted by atomic mass is 10.2. The molecule has 0 spiro atoms. The van der Waals surface area contributed by atoms with E-state index in [1.807, 2.05) is 18.2 Å². The number of benzene rings is 2.